The van der Waals surface area contributed by atoms with Crippen LogP contribution in [0.2, 0.25) is 5.02 Å². The maximum atomic E-state index is 12.9. The van der Waals surface area contributed by atoms with Crippen molar-refractivity contribution in [3.8, 4) is 22.6 Å². The van der Waals surface area contributed by atoms with Crippen LogP contribution in [-0.4, -0.2) is 39.2 Å². The van der Waals surface area contributed by atoms with Gasteiger partial charge in [-0.3, -0.25) is 4.79 Å². The van der Waals surface area contributed by atoms with Crippen LogP contribution in [0, 0.1) is 0 Å². The van der Waals surface area contributed by atoms with Gasteiger partial charge < -0.3 is 29.7 Å². The number of H-pyrrole nitrogens is 1. The molecule has 1 amide bonds. The predicted octanol–water partition coefficient (Wildman–Crippen LogP) is 4.88. The first-order chi connectivity index (χ1) is 18.7. The van der Waals surface area contributed by atoms with E-state index in [0.717, 1.165) is 11.1 Å². The fourth-order valence-electron chi connectivity index (χ4n) is 4.40. The van der Waals surface area contributed by atoms with Crippen LogP contribution in [-0.2, 0) is 16.0 Å². The van der Waals surface area contributed by atoms with Gasteiger partial charge in [0.05, 0.1) is 5.02 Å². The first-order valence-corrected chi connectivity index (χ1v) is 12.4. The number of aromatic amines is 1. The van der Waals surface area contributed by atoms with E-state index in [1.165, 1.54) is 31.2 Å². The van der Waals surface area contributed by atoms with Crippen LogP contribution in [0.3, 0.4) is 0 Å². The lowest BCUT2D eigenvalue weighted by molar-refractivity contribution is -0.142. The molecule has 0 spiro atoms. The normalized spacial score (nSPS) is 12.8. The number of carboxylic acid groups (broad SMARTS) is 1. The molecule has 0 aliphatic carbocycles. The Morgan fingerprint density at radius 2 is 1.85 bits per heavy atom. The van der Waals surface area contributed by atoms with Crippen LogP contribution >= 0.6 is 11.6 Å². The fourth-order valence-corrected chi connectivity index (χ4v) is 4.61. The summed E-state index contributed by atoms with van der Waals surface area (Å²) in [6.07, 6.45) is 0.484. The molecule has 198 valence electrons. The maximum Gasteiger partial charge on any atom is 0.336 e. The number of aromatic hydroxyl groups is 1. The minimum absolute atomic E-state index is 0.0264. The van der Waals surface area contributed by atoms with Crippen LogP contribution in [0.25, 0.3) is 33.0 Å². The topological polar surface area (TPSA) is 142 Å². The standard InChI is InChI=1S/C29H23ClN2O7/c1-15(28(35)32-24(29(36)37)9-17-14-31-23-8-7-18(33)10-20(17)23)38-26-13-25-21(11-22(26)30)19(12-27(34)39-25)16-5-3-2-4-6-16/h2-8,10-15,24,31,33H,9H2,1H3,(H,32,35)(H,36,37). The molecule has 4 N–H and O–H groups in total. The van der Waals surface area contributed by atoms with Gasteiger partial charge in [0, 0.05) is 41.0 Å². The van der Waals surface area contributed by atoms with Gasteiger partial charge in [-0.1, -0.05) is 41.9 Å². The number of phenols is 1. The highest BCUT2D eigenvalue weighted by molar-refractivity contribution is 6.33. The van der Waals surface area contributed by atoms with Gasteiger partial charge in [0.1, 0.15) is 23.1 Å². The average Bonchev–Trinajstić information content (AvgIpc) is 3.30. The number of fused-ring (bicyclic) bond motifs is 2. The SMILES string of the molecule is CC(Oc1cc2oc(=O)cc(-c3ccccc3)c2cc1Cl)C(=O)NC(Cc1c[nH]c2ccc(O)cc12)C(=O)O. The van der Waals surface area contributed by atoms with Crippen LogP contribution in [0.1, 0.15) is 12.5 Å². The molecule has 2 aromatic heterocycles. The molecule has 9 nitrogen and oxygen atoms in total. The molecule has 2 heterocycles. The summed E-state index contributed by atoms with van der Waals surface area (Å²) in [5.74, 6) is -1.77. The van der Waals surface area contributed by atoms with Gasteiger partial charge in [0.15, 0.2) is 6.10 Å². The van der Waals surface area contributed by atoms with E-state index in [1.807, 2.05) is 30.3 Å². The van der Waals surface area contributed by atoms with Crippen molar-refractivity contribution in [1.29, 1.82) is 0 Å². The smallest absolute Gasteiger partial charge is 0.336 e. The number of carbonyl (C=O) groups excluding carboxylic acids is 1. The maximum absolute atomic E-state index is 12.9. The largest absolute Gasteiger partial charge is 0.508 e. The Kier molecular flexibility index (Phi) is 7.00. The Morgan fingerprint density at radius 1 is 1.08 bits per heavy atom. The fraction of sp³-hybridized carbons (Fsp3) is 0.138. The number of benzene rings is 3. The third-order valence-corrected chi connectivity index (χ3v) is 6.64. The molecule has 0 bridgehead atoms. The van der Waals surface area contributed by atoms with Gasteiger partial charge in [-0.05, 0) is 47.9 Å². The van der Waals surface area contributed by atoms with Crippen LogP contribution in [0.5, 0.6) is 11.5 Å². The summed E-state index contributed by atoms with van der Waals surface area (Å²) in [4.78, 5) is 40.1. The van der Waals surface area contributed by atoms with Crippen molar-refractivity contribution in [2.45, 2.75) is 25.5 Å². The minimum atomic E-state index is -1.26. The molecular weight excluding hydrogens is 524 g/mol. The number of rotatable bonds is 8. The van der Waals surface area contributed by atoms with E-state index in [4.69, 9.17) is 20.8 Å². The Bertz CT molecular complexity index is 1760. The molecule has 5 aromatic rings. The molecule has 2 unspecified atom stereocenters. The first kappa shape index (κ1) is 25.9. The number of nitrogens with one attached hydrogen (secondary N) is 2. The molecule has 0 saturated heterocycles. The summed E-state index contributed by atoms with van der Waals surface area (Å²) >= 11 is 6.48. The predicted molar refractivity (Wildman–Crippen MR) is 146 cm³/mol. The second-order valence-corrected chi connectivity index (χ2v) is 9.44. The van der Waals surface area contributed by atoms with Gasteiger partial charge in [-0.2, -0.15) is 0 Å². The molecule has 3 aromatic carbocycles. The minimum Gasteiger partial charge on any atom is -0.508 e. The van der Waals surface area contributed by atoms with Gasteiger partial charge >= 0.3 is 11.6 Å². The highest BCUT2D eigenvalue weighted by Gasteiger charge is 2.26. The van der Waals surface area contributed by atoms with E-state index in [2.05, 4.69) is 10.3 Å². The summed E-state index contributed by atoms with van der Waals surface area (Å²) < 4.78 is 11.1. The number of carbonyl (C=O) groups is 2. The number of phenolic OH excluding ortho intramolecular Hbond substituents is 1. The number of aliphatic carboxylic acids is 1. The number of halogens is 1. The third kappa shape index (κ3) is 5.44. The second-order valence-electron chi connectivity index (χ2n) is 9.03. The van der Waals surface area contributed by atoms with Crippen LogP contribution in [0.4, 0.5) is 0 Å². The van der Waals surface area contributed by atoms with E-state index in [-0.39, 0.29) is 28.5 Å². The van der Waals surface area contributed by atoms with Crippen molar-refractivity contribution >= 4 is 45.3 Å². The van der Waals surface area contributed by atoms with Crippen LogP contribution < -0.4 is 15.7 Å². The number of hydrogen-bond donors (Lipinski definition) is 4. The number of hydrogen-bond acceptors (Lipinski definition) is 6. The molecule has 5 rings (SSSR count). The lowest BCUT2D eigenvalue weighted by Crippen LogP contribution is -2.47. The van der Waals surface area contributed by atoms with E-state index >= 15 is 0 Å². The van der Waals surface area contributed by atoms with Crippen molar-refractivity contribution in [2.75, 3.05) is 0 Å². The van der Waals surface area contributed by atoms with Gasteiger partial charge in [0.25, 0.3) is 5.91 Å². The molecule has 0 fully saturated rings. The van der Waals surface area contributed by atoms with Crippen molar-refractivity contribution in [2.24, 2.45) is 0 Å². The first-order valence-electron chi connectivity index (χ1n) is 12.0. The Balaban J connectivity index is 1.36. The number of ether oxygens (including phenoxy) is 1. The quantitative estimate of drug-likeness (QED) is 0.203. The molecule has 0 saturated carbocycles. The molecule has 10 heteroatoms. The van der Waals surface area contributed by atoms with Crippen molar-refractivity contribution in [3.63, 3.8) is 0 Å². The molecule has 0 aliphatic heterocycles. The third-order valence-electron chi connectivity index (χ3n) is 6.34. The monoisotopic (exact) mass is 546 g/mol. The second kappa shape index (κ2) is 10.5. The summed E-state index contributed by atoms with van der Waals surface area (Å²) in [6, 6.07) is 17.1. The highest BCUT2D eigenvalue weighted by Crippen LogP contribution is 2.35. The molecular formula is C29H23ClN2O7. The number of carboxylic acids is 1. The van der Waals surface area contributed by atoms with Gasteiger partial charge in [0.2, 0.25) is 0 Å². The zero-order valence-corrected chi connectivity index (χ0v) is 21.4. The molecule has 0 aliphatic rings. The number of amides is 1. The molecule has 0 radical (unpaired) electrons. The zero-order valence-electron chi connectivity index (χ0n) is 20.6. The molecule has 2 atom stereocenters. The van der Waals surface area contributed by atoms with E-state index in [0.29, 0.717) is 21.9 Å². The molecule has 39 heavy (non-hydrogen) atoms. The number of aromatic nitrogens is 1. The Hall–Kier alpha value is -4.76. The van der Waals surface area contributed by atoms with Crippen molar-refractivity contribution in [1.82, 2.24) is 10.3 Å². The summed E-state index contributed by atoms with van der Waals surface area (Å²) in [5, 5.41) is 23.5. The Labute approximate surface area is 226 Å². The van der Waals surface area contributed by atoms with Gasteiger partial charge in [-0.15, -0.1) is 0 Å². The van der Waals surface area contributed by atoms with E-state index < -0.39 is 29.6 Å². The zero-order chi connectivity index (χ0) is 27.7. The van der Waals surface area contributed by atoms with E-state index in [1.54, 1.807) is 18.3 Å². The highest BCUT2D eigenvalue weighted by atomic mass is 35.5. The van der Waals surface area contributed by atoms with Crippen molar-refractivity contribution in [3.05, 3.63) is 93.9 Å². The lowest BCUT2D eigenvalue weighted by Gasteiger charge is -2.19. The van der Waals surface area contributed by atoms with Gasteiger partial charge in [-0.25, -0.2) is 9.59 Å². The van der Waals surface area contributed by atoms with E-state index in [9.17, 15) is 24.6 Å². The van der Waals surface area contributed by atoms with Crippen molar-refractivity contribution < 1.29 is 29.0 Å². The average molecular weight is 547 g/mol. The summed E-state index contributed by atoms with van der Waals surface area (Å²) in [7, 11) is 0. The Morgan fingerprint density at radius 3 is 2.59 bits per heavy atom. The summed E-state index contributed by atoms with van der Waals surface area (Å²) in [6.45, 7) is 1.45. The van der Waals surface area contributed by atoms with Crippen LogP contribution in [0.15, 0.2) is 82.1 Å². The lowest BCUT2D eigenvalue weighted by atomic mass is 10.0. The summed E-state index contributed by atoms with van der Waals surface area (Å²) in [5.41, 5.74) is 2.44.